The molecule has 0 aliphatic heterocycles. The van der Waals surface area contributed by atoms with Crippen molar-refractivity contribution >= 4 is 58.7 Å². The Morgan fingerprint density at radius 1 is 1.21 bits per heavy atom. The fraction of sp³-hybridized carbons (Fsp3) is 0. The number of carbonyl (C=O) groups is 1. The van der Waals surface area contributed by atoms with Gasteiger partial charge in [0.15, 0.2) is 5.82 Å². The molecule has 1 aromatic heterocycles. The highest BCUT2D eigenvalue weighted by Gasteiger charge is 2.20. The Labute approximate surface area is 197 Å². The lowest BCUT2D eigenvalue weighted by Gasteiger charge is -2.13. The van der Waals surface area contributed by atoms with E-state index in [1.807, 2.05) is 0 Å². The van der Waals surface area contributed by atoms with Crippen LogP contribution >= 0.6 is 23.2 Å². The monoisotopic (exact) mass is 486 g/mol. The van der Waals surface area contributed by atoms with Crippen LogP contribution in [0, 0.1) is 29.4 Å². The summed E-state index contributed by atoms with van der Waals surface area (Å²) in [7, 11) is 0. The van der Waals surface area contributed by atoms with E-state index in [2.05, 4.69) is 26.7 Å². The molecule has 0 atom stereocenters. The molecule has 0 saturated carbocycles. The van der Waals surface area contributed by atoms with Crippen LogP contribution in [-0.2, 0) is 0 Å². The van der Waals surface area contributed by atoms with Crippen LogP contribution in [0.5, 0.6) is 0 Å². The molecular formula is C22H14Cl2F2N6O. The van der Waals surface area contributed by atoms with E-state index in [-0.39, 0.29) is 49.5 Å². The SMILES string of the molecule is C#Cc1cc(F)cc(N)c1-c1cc(Cl)c(C(=O)Nc2cnc(N/N=C\C=N)c(Cl)c2)cc1F. The molecule has 0 saturated heterocycles. The fourth-order valence-electron chi connectivity index (χ4n) is 2.88. The number of terminal acetylenes is 1. The Hall–Kier alpha value is -4.00. The number of hydrogen-bond acceptors (Lipinski definition) is 6. The van der Waals surface area contributed by atoms with Crippen molar-refractivity contribution in [2.75, 3.05) is 16.5 Å². The molecule has 3 aromatic rings. The number of aromatic nitrogens is 1. The van der Waals surface area contributed by atoms with Crippen LogP contribution in [0.1, 0.15) is 15.9 Å². The zero-order valence-electron chi connectivity index (χ0n) is 16.6. The molecule has 3 rings (SSSR count). The number of hydrogen-bond donors (Lipinski definition) is 4. The normalized spacial score (nSPS) is 10.6. The summed E-state index contributed by atoms with van der Waals surface area (Å²) in [6, 6.07) is 5.57. The van der Waals surface area contributed by atoms with Gasteiger partial charge in [0, 0.05) is 28.6 Å². The van der Waals surface area contributed by atoms with Crippen LogP contribution in [0.3, 0.4) is 0 Å². The molecule has 0 bridgehead atoms. The van der Waals surface area contributed by atoms with Crippen molar-refractivity contribution < 1.29 is 13.6 Å². The Kier molecular flexibility index (Phi) is 7.23. The molecule has 33 heavy (non-hydrogen) atoms. The molecule has 0 unspecified atom stereocenters. The molecule has 166 valence electrons. The number of halogens is 4. The first-order valence-electron chi connectivity index (χ1n) is 9.05. The number of nitrogens with zero attached hydrogens (tertiary/aromatic N) is 2. The number of benzene rings is 2. The Balaban J connectivity index is 1.90. The number of pyridine rings is 1. The lowest BCUT2D eigenvalue weighted by Crippen LogP contribution is -2.13. The molecule has 11 heteroatoms. The van der Waals surface area contributed by atoms with Crippen molar-refractivity contribution in [1.82, 2.24) is 4.98 Å². The summed E-state index contributed by atoms with van der Waals surface area (Å²) in [5.41, 5.74) is 8.39. The van der Waals surface area contributed by atoms with E-state index in [0.29, 0.717) is 0 Å². The molecule has 0 fully saturated rings. The highest BCUT2D eigenvalue weighted by molar-refractivity contribution is 6.35. The van der Waals surface area contributed by atoms with Gasteiger partial charge in [0.05, 0.1) is 33.7 Å². The highest BCUT2D eigenvalue weighted by atomic mass is 35.5. The zero-order valence-corrected chi connectivity index (χ0v) is 18.1. The number of nitrogens with two attached hydrogens (primary N) is 1. The van der Waals surface area contributed by atoms with Crippen LogP contribution in [0.2, 0.25) is 10.0 Å². The summed E-state index contributed by atoms with van der Waals surface area (Å²) in [5, 5.41) is 13.1. The molecule has 0 aliphatic rings. The number of nitrogens with one attached hydrogen (secondary N) is 3. The minimum Gasteiger partial charge on any atom is -0.398 e. The Bertz CT molecular complexity index is 1340. The zero-order chi connectivity index (χ0) is 24.1. The van der Waals surface area contributed by atoms with Crippen molar-refractivity contribution in [3.8, 4) is 23.5 Å². The largest absolute Gasteiger partial charge is 0.398 e. The van der Waals surface area contributed by atoms with Gasteiger partial charge in [0.2, 0.25) is 0 Å². The van der Waals surface area contributed by atoms with Gasteiger partial charge in [0.25, 0.3) is 5.91 Å². The van der Waals surface area contributed by atoms with Crippen molar-refractivity contribution in [3.63, 3.8) is 0 Å². The molecule has 0 aliphatic carbocycles. The third-order valence-corrected chi connectivity index (χ3v) is 4.88. The van der Waals surface area contributed by atoms with E-state index in [1.54, 1.807) is 0 Å². The molecule has 7 nitrogen and oxygen atoms in total. The standard InChI is InChI=1S/C22H14Cl2F2N6O/c1-2-11-5-12(25)6-19(28)20(11)15-8-16(23)14(9-18(15)26)22(33)31-13-7-17(24)21(29-10-13)32-30-4-3-27/h1,3-10,27H,28H2,(H,29,32)(H,31,33)/b27-3?,30-4-. The van der Waals surface area contributed by atoms with Crippen LogP contribution in [0.15, 0.2) is 41.6 Å². The first-order valence-corrected chi connectivity index (χ1v) is 9.80. The van der Waals surface area contributed by atoms with Crippen LogP contribution < -0.4 is 16.5 Å². The molecule has 1 amide bonds. The number of nitrogen functional groups attached to an aromatic ring is 1. The van der Waals surface area contributed by atoms with Crippen LogP contribution in [0.4, 0.5) is 26.0 Å². The van der Waals surface area contributed by atoms with Crippen LogP contribution in [0.25, 0.3) is 11.1 Å². The average molecular weight is 487 g/mol. The Morgan fingerprint density at radius 3 is 2.64 bits per heavy atom. The van der Waals surface area contributed by atoms with Gasteiger partial charge < -0.3 is 16.5 Å². The van der Waals surface area contributed by atoms with E-state index in [9.17, 15) is 13.6 Å². The summed E-state index contributed by atoms with van der Waals surface area (Å²) < 4.78 is 28.6. The Morgan fingerprint density at radius 2 is 1.97 bits per heavy atom. The van der Waals surface area contributed by atoms with Crippen LogP contribution in [-0.4, -0.2) is 23.3 Å². The lowest BCUT2D eigenvalue weighted by atomic mass is 9.96. The number of anilines is 3. The minimum absolute atomic E-state index is 0.0408. The quantitative estimate of drug-likeness (QED) is 0.166. The maximum absolute atomic E-state index is 14.9. The predicted octanol–water partition coefficient (Wildman–Crippen LogP) is 5.20. The summed E-state index contributed by atoms with van der Waals surface area (Å²) in [6.07, 6.45) is 8.84. The van der Waals surface area contributed by atoms with Crippen molar-refractivity contribution in [1.29, 1.82) is 5.41 Å². The second-order valence-electron chi connectivity index (χ2n) is 6.44. The number of carbonyl (C=O) groups excluding carboxylic acids is 1. The molecule has 0 spiro atoms. The summed E-state index contributed by atoms with van der Waals surface area (Å²) in [5.74, 6) is 0.236. The fourth-order valence-corrected chi connectivity index (χ4v) is 3.34. The second-order valence-corrected chi connectivity index (χ2v) is 7.25. The number of amides is 1. The van der Waals surface area contributed by atoms with Gasteiger partial charge in [-0.2, -0.15) is 5.10 Å². The van der Waals surface area contributed by atoms with Gasteiger partial charge >= 0.3 is 0 Å². The lowest BCUT2D eigenvalue weighted by molar-refractivity contribution is 0.102. The minimum atomic E-state index is -0.834. The summed E-state index contributed by atoms with van der Waals surface area (Å²) in [6.45, 7) is 0. The average Bonchev–Trinajstić information content (AvgIpc) is 2.76. The van der Waals surface area contributed by atoms with Gasteiger partial charge in [-0.1, -0.05) is 29.1 Å². The maximum Gasteiger partial charge on any atom is 0.257 e. The van der Waals surface area contributed by atoms with E-state index >= 15 is 0 Å². The van der Waals surface area contributed by atoms with E-state index in [0.717, 1.165) is 24.4 Å². The van der Waals surface area contributed by atoms with E-state index in [1.165, 1.54) is 24.5 Å². The molecule has 5 N–H and O–H groups in total. The second kappa shape index (κ2) is 10.1. The van der Waals surface area contributed by atoms with Crippen molar-refractivity contribution in [2.24, 2.45) is 5.10 Å². The van der Waals surface area contributed by atoms with Gasteiger partial charge in [-0.25, -0.2) is 13.8 Å². The summed E-state index contributed by atoms with van der Waals surface area (Å²) >= 11 is 12.3. The molecular weight excluding hydrogens is 473 g/mol. The highest BCUT2D eigenvalue weighted by Crippen LogP contribution is 2.35. The van der Waals surface area contributed by atoms with E-state index in [4.69, 9.17) is 40.8 Å². The number of hydrazone groups is 1. The van der Waals surface area contributed by atoms with Gasteiger partial charge in [-0.15, -0.1) is 6.42 Å². The topological polar surface area (TPSA) is 116 Å². The summed E-state index contributed by atoms with van der Waals surface area (Å²) in [4.78, 5) is 16.7. The molecule has 1 heterocycles. The first kappa shape index (κ1) is 23.7. The predicted molar refractivity (Wildman–Crippen MR) is 127 cm³/mol. The van der Waals surface area contributed by atoms with Gasteiger partial charge in [-0.05, 0) is 30.3 Å². The van der Waals surface area contributed by atoms with Crippen molar-refractivity contribution in [2.45, 2.75) is 0 Å². The third-order valence-electron chi connectivity index (χ3n) is 4.28. The smallest absolute Gasteiger partial charge is 0.257 e. The first-order chi connectivity index (χ1) is 15.7. The van der Waals surface area contributed by atoms with E-state index < -0.39 is 17.5 Å². The van der Waals surface area contributed by atoms with Gasteiger partial charge in [-0.3, -0.25) is 10.2 Å². The third kappa shape index (κ3) is 5.26. The van der Waals surface area contributed by atoms with Gasteiger partial charge in [0.1, 0.15) is 11.6 Å². The molecule has 0 radical (unpaired) electrons. The molecule has 2 aromatic carbocycles. The maximum atomic E-state index is 14.9. The van der Waals surface area contributed by atoms with Crippen molar-refractivity contribution in [3.05, 3.63) is 69.3 Å². The number of rotatable bonds is 6.